The number of ether oxygens (including phenoxy) is 2. The van der Waals surface area contributed by atoms with E-state index in [9.17, 15) is 40.7 Å². The number of halogens is 8. The van der Waals surface area contributed by atoms with Crippen LogP contribution >= 0.6 is 23.2 Å². The summed E-state index contributed by atoms with van der Waals surface area (Å²) in [5, 5.41) is 15.2. The molecule has 18 heteroatoms. The van der Waals surface area contributed by atoms with E-state index in [2.05, 4.69) is 19.7 Å². The fourth-order valence-corrected chi connectivity index (χ4v) is 3.69. The molecule has 4 heterocycles. The molecule has 0 aliphatic heterocycles. The Morgan fingerprint density at radius 3 is 1.82 bits per heavy atom. The number of fused-ring (bicyclic) bond motifs is 2. The molecule has 39 heavy (non-hydrogen) atoms. The predicted molar refractivity (Wildman–Crippen MR) is 120 cm³/mol. The van der Waals surface area contributed by atoms with E-state index in [1.807, 2.05) is 0 Å². The zero-order chi connectivity index (χ0) is 29.4. The van der Waals surface area contributed by atoms with Gasteiger partial charge in [-0.05, 0) is 12.1 Å². The molecule has 0 aromatic carbocycles. The van der Waals surface area contributed by atoms with E-state index in [4.69, 9.17) is 28.3 Å². The van der Waals surface area contributed by atoms with E-state index in [0.717, 1.165) is 30.9 Å². The minimum atomic E-state index is -4.67. The first-order valence-electron chi connectivity index (χ1n) is 9.94. The Bertz CT molecular complexity index is 1610. The first kappa shape index (κ1) is 29.5. The molecule has 0 saturated heterocycles. The summed E-state index contributed by atoms with van der Waals surface area (Å²) < 4.78 is 86.1. The van der Waals surface area contributed by atoms with Crippen molar-refractivity contribution >= 4 is 52.1 Å². The Kier molecular flexibility index (Phi) is 8.02. The number of esters is 2. The molecule has 0 saturated carbocycles. The average Bonchev–Trinajstić information content (AvgIpc) is 3.45. The monoisotopic (exact) mass is 600 g/mol. The minimum Gasteiger partial charge on any atom is -0.476 e. The quantitative estimate of drug-likeness (QED) is 0.249. The van der Waals surface area contributed by atoms with Gasteiger partial charge in [-0.1, -0.05) is 23.2 Å². The number of alkyl halides is 6. The molecule has 0 radical (unpaired) electrons. The number of methoxy groups -OCH3 is 2. The molecule has 0 fully saturated rings. The molecule has 1 N–H and O–H groups in total. The molecule has 0 aliphatic carbocycles. The van der Waals surface area contributed by atoms with Crippen molar-refractivity contribution < 1.29 is 55.3 Å². The van der Waals surface area contributed by atoms with Gasteiger partial charge in [0.2, 0.25) is 0 Å². The highest BCUT2D eigenvalue weighted by Gasteiger charge is 2.35. The normalized spacial score (nSPS) is 11.7. The highest BCUT2D eigenvalue weighted by atomic mass is 35.5. The lowest BCUT2D eigenvalue weighted by atomic mass is 10.1. The van der Waals surface area contributed by atoms with Gasteiger partial charge in [0.15, 0.2) is 11.4 Å². The van der Waals surface area contributed by atoms with Gasteiger partial charge in [-0.3, -0.25) is 0 Å². The topological polar surface area (TPSA) is 124 Å². The maximum Gasteiger partial charge on any atom is 0.417 e. The van der Waals surface area contributed by atoms with Crippen molar-refractivity contribution in [3.8, 4) is 0 Å². The molecule has 0 unspecified atom stereocenters. The van der Waals surface area contributed by atoms with Crippen LogP contribution < -0.4 is 0 Å². The zero-order valence-corrected chi connectivity index (χ0v) is 20.7. The van der Waals surface area contributed by atoms with E-state index in [1.165, 1.54) is 0 Å². The Morgan fingerprint density at radius 1 is 0.821 bits per heavy atom. The molecule has 0 spiro atoms. The molecular weight excluding hydrogens is 589 g/mol. The molecule has 4 aromatic rings. The first-order valence-corrected chi connectivity index (χ1v) is 10.7. The summed E-state index contributed by atoms with van der Waals surface area (Å²) in [4.78, 5) is 34.1. The average molecular weight is 601 g/mol. The SMILES string of the molecule is COC(=O)c1nn2cc(C(F)(F)F)cc(Cl)c2c1C(=O)OC.O=C(O)c1cc2c(Cl)cc(C(F)(F)F)cn2n1. The van der Waals surface area contributed by atoms with E-state index in [0.29, 0.717) is 23.0 Å². The van der Waals surface area contributed by atoms with Gasteiger partial charge in [-0.15, -0.1) is 0 Å². The van der Waals surface area contributed by atoms with E-state index in [-0.39, 0.29) is 27.3 Å². The number of hydrogen-bond donors (Lipinski definition) is 1. The van der Waals surface area contributed by atoms with Crippen molar-refractivity contribution in [2.45, 2.75) is 12.4 Å². The van der Waals surface area contributed by atoms with Crippen LogP contribution in [0.2, 0.25) is 10.0 Å². The van der Waals surface area contributed by atoms with Gasteiger partial charge in [0, 0.05) is 18.5 Å². The van der Waals surface area contributed by atoms with Crippen LogP contribution in [0.3, 0.4) is 0 Å². The Morgan fingerprint density at radius 2 is 1.33 bits per heavy atom. The largest absolute Gasteiger partial charge is 0.476 e. The number of aromatic nitrogens is 4. The molecule has 0 bridgehead atoms. The van der Waals surface area contributed by atoms with Crippen LogP contribution in [0.4, 0.5) is 26.3 Å². The third-order valence-electron chi connectivity index (χ3n) is 4.85. The Hall–Kier alpha value is -4.05. The zero-order valence-electron chi connectivity index (χ0n) is 19.2. The summed E-state index contributed by atoms with van der Waals surface area (Å²) in [6.45, 7) is 0. The van der Waals surface area contributed by atoms with Crippen LogP contribution in [0.5, 0.6) is 0 Å². The van der Waals surface area contributed by atoms with E-state index >= 15 is 0 Å². The van der Waals surface area contributed by atoms with Crippen molar-refractivity contribution in [3.63, 3.8) is 0 Å². The number of carbonyl (C=O) groups is 3. The lowest BCUT2D eigenvalue weighted by Crippen LogP contribution is -2.10. The van der Waals surface area contributed by atoms with Gasteiger partial charge in [-0.25, -0.2) is 23.4 Å². The predicted octanol–water partition coefficient (Wildman–Crippen LogP) is 5.28. The second-order valence-electron chi connectivity index (χ2n) is 7.31. The number of aromatic carboxylic acids is 1. The third kappa shape index (κ3) is 6.01. The van der Waals surface area contributed by atoms with Gasteiger partial charge in [-0.2, -0.15) is 36.5 Å². The molecule has 0 atom stereocenters. The molecule has 10 nitrogen and oxygen atoms in total. The molecule has 4 rings (SSSR count). The van der Waals surface area contributed by atoms with Crippen LogP contribution in [0.15, 0.2) is 30.6 Å². The maximum absolute atomic E-state index is 12.8. The standard InChI is InChI=1S/C12H8ClF3N2O4.C9H4ClF3N2O2/c1-21-10(19)7-8(11(20)22-2)17-18-4-5(12(14,15)16)3-6(13)9(7)18;10-5-1-4(9(11,12)13)3-15-7(5)2-6(14-15)8(16)17/h3-4H,1-2H3;1-3H,(H,16,17). The summed E-state index contributed by atoms with van der Waals surface area (Å²) in [6.07, 6.45) is -7.93. The fourth-order valence-electron chi connectivity index (χ4n) is 3.13. The first-order chi connectivity index (χ1) is 18.0. The van der Waals surface area contributed by atoms with E-state index in [1.54, 1.807) is 0 Å². The van der Waals surface area contributed by atoms with Crippen LogP contribution in [-0.4, -0.2) is 56.5 Å². The smallest absolute Gasteiger partial charge is 0.417 e. The second-order valence-corrected chi connectivity index (χ2v) is 8.13. The van der Waals surface area contributed by atoms with Gasteiger partial charge in [0.25, 0.3) is 0 Å². The molecule has 208 valence electrons. The molecule has 0 aliphatic rings. The van der Waals surface area contributed by atoms with Crippen molar-refractivity contribution in [1.82, 2.24) is 19.2 Å². The van der Waals surface area contributed by atoms with Crippen LogP contribution in [-0.2, 0) is 21.8 Å². The van der Waals surface area contributed by atoms with Crippen LogP contribution in [0.1, 0.15) is 42.5 Å². The number of hydrogen-bond acceptors (Lipinski definition) is 7. The molecular formula is C21H12Cl2F6N4O6. The number of rotatable bonds is 3. The van der Waals surface area contributed by atoms with Crippen LogP contribution in [0, 0.1) is 0 Å². The number of carboxylic acid groups (broad SMARTS) is 1. The minimum absolute atomic E-state index is 0.108. The highest BCUT2D eigenvalue weighted by molar-refractivity contribution is 6.35. The van der Waals surface area contributed by atoms with Gasteiger partial charge in [0.1, 0.15) is 11.1 Å². The lowest BCUT2D eigenvalue weighted by Gasteiger charge is -2.08. The Labute approximate surface area is 222 Å². The molecule has 4 aromatic heterocycles. The highest BCUT2D eigenvalue weighted by Crippen LogP contribution is 2.34. The summed E-state index contributed by atoms with van der Waals surface area (Å²) >= 11 is 11.4. The number of carbonyl (C=O) groups excluding carboxylic acids is 2. The Balaban J connectivity index is 0.000000223. The van der Waals surface area contributed by atoms with E-state index < -0.39 is 52.1 Å². The lowest BCUT2D eigenvalue weighted by molar-refractivity contribution is -0.138. The van der Waals surface area contributed by atoms with Gasteiger partial charge >= 0.3 is 30.3 Å². The van der Waals surface area contributed by atoms with Crippen molar-refractivity contribution in [2.24, 2.45) is 0 Å². The van der Waals surface area contributed by atoms with Gasteiger partial charge < -0.3 is 14.6 Å². The number of carboxylic acids is 1. The van der Waals surface area contributed by atoms with Crippen molar-refractivity contribution in [2.75, 3.05) is 14.2 Å². The number of nitrogens with zero attached hydrogens (tertiary/aromatic N) is 4. The second kappa shape index (κ2) is 10.6. The van der Waals surface area contributed by atoms with Crippen molar-refractivity contribution in [3.05, 3.63) is 68.7 Å². The maximum atomic E-state index is 12.8. The van der Waals surface area contributed by atoms with Gasteiger partial charge in [0.05, 0.1) is 40.9 Å². The fraction of sp³-hybridized carbons (Fsp3) is 0.190. The molecule has 0 amide bonds. The van der Waals surface area contributed by atoms with Crippen molar-refractivity contribution in [1.29, 1.82) is 0 Å². The van der Waals surface area contributed by atoms with Crippen LogP contribution in [0.25, 0.3) is 11.0 Å². The summed E-state index contributed by atoms with van der Waals surface area (Å²) in [6, 6.07) is 2.46. The summed E-state index contributed by atoms with van der Waals surface area (Å²) in [5.74, 6) is -3.32. The summed E-state index contributed by atoms with van der Waals surface area (Å²) in [7, 11) is 2.08. The number of pyridine rings is 2. The summed E-state index contributed by atoms with van der Waals surface area (Å²) in [5.41, 5.74) is -3.37. The third-order valence-corrected chi connectivity index (χ3v) is 5.44.